The first-order chi connectivity index (χ1) is 17.3. The van der Waals surface area contributed by atoms with Crippen molar-refractivity contribution in [1.82, 2.24) is 25.1 Å². The van der Waals surface area contributed by atoms with E-state index in [2.05, 4.69) is 30.5 Å². The fourth-order valence-corrected chi connectivity index (χ4v) is 3.71. The molecule has 186 valence electrons. The van der Waals surface area contributed by atoms with E-state index in [4.69, 9.17) is 4.74 Å². The molecule has 0 saturated carbocycles. The van der Waals surface area contributed by atoms with Crippen molar-refractivity contribution < 1.29 is 14.6 Å². The molecule has 4 aromatic rings. The lowest BCUT2D eigenvalue weighted by Gasteiger charge is -2.17. The fraction of sp³-hybridized carbons (Fsp3) is 0.296. The Hall–Kier alpha value is -4.11. The van der Waals surface area contributed by atoms with Gasteiger partial charge in [0.05, 0.1) is 12.2 Å². The number of amides is 1. The first-order valence-electron chi connectivity index (χ1n) is 11.8. The number of ether oxygens (including phenoxy) is 1. The summed E-state index contributed by atoms with van der Waals surface area (Å²) >= 11 is 0. The van der Waals surface area contributed by atoms with E-state index >= 15 is 0 Å². The highest BCUT2D eigenvalue weighted by Crippen LogP contribution is 2.29. The van der Waals surface area contributed by atoms with Gasteiger partial charge < -0.3 is 15.2 Å². The Morgan fingerprint density at radius 3 is 2.69 bits per heavy atom. The van der Waals surface area contributed by atoms with E-state index in [0.717, 1.165) is 34.4 Å². The summed E-state index contributed by atoms with van der Waals surface area (Å²) in [5.74, 6) is 1.33. The van der Waals surface area contributed by atoms with Crippen molar-refractivity contribution in [2.75, 3.05) is 11.9 Å². The summed E-state index contributed by atoms with van der Waals surface area (Å²) in [5, 5.41) is 19.5. The van der Waals surface area contributed by atoms with Crippen LogP contribution >= 0.6 is 0 Å². The van der Waals surface area contributed by atoms with Gasteiger partial charge in [-0.15, -0.1) is 5.10 Å². The number of pyridine rings is 2. The van der Waals surface area contributed by atoms with Crippen molar-refractivity contribution >= 4 is 11.7 Å². The second-order valence-corrected chi connectivity index (χ2v) is 9.26. The quantitative estimate of drug-likeness (QED) is 0.285. The number of carbonyl (C=O) groups excluding carboxylic acids is 1. The van der Waals surface area contributed by atoms with E-state index < -0.39 is 11.5 Å². The normalized spacial score (nSPS) is 11.3. The number of anilines is 1. The minimum atomic E-state index is -0.702. The number of aliphatic hydroxyl groups is 1. The minimum absolute atomic E-state index is 0.0453. The number of hydrogen-bond donors (Lipinski definition) is 3. The maximum Gasteiger partial charge on any atom is 0.296 e. The first kappa shape index (κ1) is 25.0. The van der Waals surface area contributed by atoms with Gasteiger partial charge in [0.1, 0.15) is 17.4 Å². The lowest BCUT2D eigenvalue weighted by atomic mass is 10.0. The maximum absolute atomic E-state index is 12.7. The van der Waals surface area contributed by atoms with Crippen LogP contribution in [0.5, 0.6) is 5.75 Å². The zero-order chi connectivity index (χ0) is 25.5. The molecule has 3 N–H and O–H groups in total. The van der Waals surface area contributed by atoms with Gasteiger partial charge in [0.25, 0.3) is 5.91 Å². The van der Waals surface area contributed by atoms with E-state index in [1.807, 2.05) is 49.4 Å². The van der Waals surface area contributed by atoms with Crippen LogP contribution in [0.1, 0.15) is 54.3 Å². The zero-order valence-corrected chi connectivity index (χ0v) is 20.7. The Bertz CT molecular complexity index is 1310. The van der Waals surface area contributed by atoms with Gasteiger partial charge in [-0.05, 0) is 92.3 Å². The van der Waals surface area contributed by atoms with Crippen molar-refractivity contribution in [2.45, 2.75) is 45.6 Å². The van der Waals surface area contributed by atoms with Crippen LogP contribution in [-0.4, -0.2) is 48.4 Å². The monoisotopic (exact) mass is 486 g/mol. The largest absolute Gasteiger partial charge is 0.494 e. The molecular weight excluding hydrogens is 456 g/mol. The van der Waals surface area contributed by atoms with E-state index in [1.165, 1.54) is 0 Å². The molecule has 1 amide bonds. The van der Waals surface area contributed by atoms with Crippen LogP contribution in [0.2, 0.25) is 0 Å². The highest BCUT2D eigenvalue weighted by atomic mass is 16.5. The van der Waals surface area contributed by atoms with E-state index in [0.29, 0.717) is 31.1 Å². The lowest BCUT2D eigenvalue weighted by molar-refractivity contribution is 0.0641. The van der Waals surface area contributed by atoms with Gasteiger partial charge in [0.15, 0.2) is 0 Å². The van der Waals surface area contributed by atoms with Crippen molar-refractivity contribution in [3.8, 4) is 16.9 Å². The molecule has 0 aliphatic rings. The Morgan fingerprint density at radius 2 is 1.92 bits per heavy atom. The van der Waals surface area contributed by atoms with Crippen LogP contribution < -0.4 is 10.1 Å². The van der Waals surface area contributed by atoms with Crippen LogP contribution in [0.25, 0.3) is 11.1 Å². The molecule has 0 aliphatic carbocycles. The number of nitrogens with zero attached hydrogens (tertiary/aromatic N) is 4. The van der Waals surface area contributed by atoms with E-state index in [-0.39, 0.29) is 5.82 Å². The van der Waals surface area contributed by atoms with Gasteiger partial charge in [0.2, 0.25) is 5.82 Å². The first-order valence-corrected chi connectivity index (χ1v) is 11.8. The summed E-state index contributed by atoms with van der Waals surface area (Å²) in [7, 11) is 0. The van der Waals surface area contributed by atoms with E-state index in [9.17, 15) is 9.90 Å². The molecule has 0 unspecified atom stereocenters. The highest BCUT2D eigenvalue weighted by Gasteiger charge is 2.15. The van der Waals surface area contributed by atoms with Gasteiger partial charge in [-0.1, -0.05) is 6.07 Å². The minimum Gasteiger partial charge on any atom is -0.494 e. The fourth-order valence-electron chi connectivity index (χ4n) is 3.71. The molecule has 0 bridgehead atoms. The van der Waals surface area contributed by atoms with Crippen LogP contribution in [0, 0.1) is 6.92 Å². The predicted molar refractivity (Wildman–Crippen MR) is 137 cm³/mol. The summed E-state index contributed by atoms with van der Waals surface area (Å²) in [5.41, 5.74) is 3.25. The predicted octanol–water partition coefficient (Wildman–Crippen LogP) is 4.34. The number of H-pyrrole nitrogens is 1. The molecule has 0 aliphatic heterocycles. The summed E-state index contributed by atoms with van der Waals surface area (Å²) < 4.78 is 5.90. The third kappa shape index (κ3) is 6.96. The molecule has 0 spiro atoms. The molecule has 9 nitrogen and oxygen atoms in total. The summed E-state index contributed by atoms with van der Waals surface area (Å²) in [4.78, 5) is 25.3. The number of aryl methyl sites for hydroxylation is 1. The summed E-state index contributed by atoms with van der Waals surface area (Å²) in [6.45, 7) is 6.12. The summed E-state index contributed by atoms with van der Waals surface area (Å²) in [6, 6.07) is 13.4. The van der Waals surface area contributed by atoms with Gasteiger partial charge in [0, 0.05) is 25.0 Å². The topological polar surface area (TPSA) is 126 Å². The number of aromatic nitrogens is 5. The van der Waals surface area contributed by atoms with Crippen molar-refractivity contribution in [2.24, 2.45) is 0 Å². The van der Waals surface area contributed by atoms with Crippen molar-refractivity contribution in [3.63, 3.8) is 0 Å². The number of hydrogen-bond acceptors (Lipinski definition) is 7. The Morgan fingerprint density at radius 1 is 1.11 bits per heavy atom. The number of rotatable bonds is 10. The molecule has 9 heteroatoms. The summed E-state index contributed by atoms with van der Waals surface area (Å²) in [6.07, 6.45) is 7.00. The molecule has 3 aromatic heterocycles. The molecule has 0 fully saturated rings. The van der Waals surface area contributed by atoms with Gasteiger partial charge in [-0.25, -0.2) is 9.97 Å². The third-order valence-electron chi connectivity index (χ3n) is 5.58. The Balaban J connectivity index is 1.42. The molecule has 1 aromatic carbocycles. The maximum atomic E-state index is 12.7. The number of aromatic amines is 1. The average Bonchev–Trinajstić information content (AvgIpc) is 3.32. The molecule has 4 rings (SSSR count). The van der Waals surface area contributed by atoms with Crippen LogP contribution in [-0.2, 0) is 6.42 Å². The molecule has 3 heterocycles. The van der Waals surface area contributed by atoms with Crippen LogP contribution in [0.4, 0.5) is 5.82 Å². The Labute approximate surface area is 210 Å². The van der Waals surface area contributed by atoms with Gasteiger partial charge in [-0.3, -0.25) is 14.9 Å². The number of carbonyl (C=O) groups is 1. The molecule has 0 atom stereocenters. The molecule has 36 heavy (non-hydrogen) atoms. The standard InChI is InChI=1S/C27H30N6O3/c1-18-5-6-21(36-14-4-10-27(2,3)35)17-22(18)20-9-13-29-23(16-20)31-26(34)25-30-24(32-33-25)15-19-7-11-28-12-8-19/h5-9,11-13,16-17,35H,4,10,14-15H2,1-3H3,(H,29,31,34)(H,30,32,33). The smallest absolute Gasteiger partial charge is 0.296 e. The number of benzene rings is 1. The SMILES string of the molecule is Cc1ccc(OCCCC(C)(C)O)cc1-c1ccnc(NC(=O)c2n[nH]c(Cc3ccncc3)n2)c1. The van der Waals surface area contributed by atoms with Crippen LogP contribution in [0.15, 0.2) is 61.1 Å². The van der Waals surface area contributed by atoms with Gasteiger partial charge in [-0.2, -0.15) is 0 Å². The van der Waals surface area contributed by atoms with E-state index in [1.54, 1.807) is 32.4 Å². The lowest BCUT2D eigenvalue weighted by Crippen LogP contribution is -2.19. The van der Waals surface area contributed by atoms with Crippen molar-refractivity contribution in [3.05, 3.63) is 83.8 Å². The highest BCUT2D eigenvalue weighted by molar-refractivity contribution is 6.01. The molecule has 0 saturated heterocycles. The molecular formula is C27H30N6O3. The van der Waals surface area contributed by atoms with Crippen molar-refractivity contribution in [1.29, 1.82) is 0 Å². The second-order valence-electron chi connectivity index (χ2n) is 9.26. The van der Waals surface area contributed by atoms with Gasteiger partial charge >= 0.3 is 0 Å². The van der Waals surface area contributed by atoms with Crippen LogP contribution in [0.3, 0.4) is 0 Å². The number of nitrogens with one attached hydrogen (secondary N) is 2. The zero-order valence-electron chi connectivity index (χ0n) is 20.7. The molecule has 0 radical (unpaired) electrons. The third-order valence-corrected chi connectivity index (χ3v) is 5.58. The second kappa shape index (κ2) is 11.1. The average molecular weight is 487 g/mol. The Kier molecular flexibility index (Phi) is 7.70.